The average Bonchev–Trinajstić information content (AvgIpc) is 2.59. The molecule has 8 heteroatoms. The quantitative estimate of drug-likeness (QED) is 0.604. The molecule has 25 heavy (non-hydrogen) atoms. The zero-order chi connectivity index (χ0) is 18.1. The molecule has 0 saturated heterocycles. The molecule has 0 spiro atoms. The van der Waals surface area contributed by atoms with E-state index in [9.17, 15) is 13.2 Å². The maximum atomic E-state index is 12.2. The molecule has 0 atom stereocenters. The Balaban J connectivity index is 1.94. The summed E-state index contributed by atoms with van der Waals surface area (Å²) in [5.41, 5.74) is 0.744. The Hall–Kier alpha value is -1.99. The van der Waals surface area contributed by atoms with Crippen molar-refractivity contribution >= 4 is 5.96 Å². The first kappa shape index (κ1) is 19.3. The maximum Gasteiger partial charge on any atom is 0.422 e. The lowest BCUT2D eigenvalue weighted by molar-refractivity contribution is -0.154. The van der Waals surface area contributed by atoms with Gasteiger partial charge in [0.25, 0.3) is 0 Å². The van der Waals surface area contributed by atoms with Crippen LogP contribution < -0.4 is 15.4 Å². The molecule has 0 bridgehead atoms. The number of nitrogens with zero attached hydrogens (tertiary/aromatic N) is 2. The lowest BCUT2D eigenvalue weighted by Crippen LogP contribution is -2.44. The van der Waals surface area contributed by atoms with Crippen molar-refractivity contribution in [1.82, 2.24) is 15.6 Å². The molecule has 1 aromatic rings. The van der Waals surface area contributed by atoms with E-state index < -0.39 is 12.8 Å². The van der Waals surface area contributed by atoms with Gasteiger partial charge in [-0.1, -0.05) is 19.3 Å². The van der Waals surface area contributed by atoms with Crippen molar-refractivity contribution < 1.29 is 17.9 Å². The molecule has 0 radical (unpaired) electrons. The molecule has 1 heterocycles. The summed E-state index contributed by atoms with van der Waals surface area (Å²) < 4.78 is 41.3. The molecule has 1 saturated carbocycles. The van der Waals surface area contributed by atoms with Gasteiger partial charge in [-0.05, 0) is 31.4 Å². The maximum absolute atomic E-state index is 12.2. The zero-order valence-corrected chi connectivity index (χ0v) is 14.4. The third kappa shape index (κ3) is 7.62. The van der Waals surface area contributed by atoms with Crippen molar-refractivity contribution in [1.29, 1.82) is 0 Å². The number of rotatable bonds is 6. The zero-order valence-electron chi connectivity index (χ0n) is 14.4. The summed E-state index contributed by atoms with van der Waals surface area (Å²) in [7, 11) is 0. The van der Waals surface area contributed by atoms with Crippen LogP contribution in [-0.2, 0) is 6.54 Å². The van der Waals surface area contributed by atoms with Crippen LogP contribution in [0.15, 0.2) is 23.3 Å². The van der Waals surface area contributed by atoms with Crippen molar-refractivity contribution in [3.8, 4) is 5.88 Å². The van der Waals surface area contributed by atoms with E-state index in [1.807, 2.05) is 6.92 Å². The van der Waals surface area contributed by atoms with Crippen LogP contribution >= 0.6 is 0 Å². The summed E-state index contributed by atoms with van der Waals surface area (Å²) in [6.45, 7) is 1.73. The number of hydrogen-bond donors (Lipinski definition) is 2. The number of aliphatic imine (C=N–C) groups is 1. The minimum atomic E-state index is -4.38. The van der Waals surface area contributed by atoms with Crippen LogP contribution in [0.25, 0.3) is 0 Å². The molecule has 140 valence electrons. The Morgan fingerprint density at radius 2 is 2.08 bits per heavy atom. The highest BCUT2D eigenvalue weighted by Crippen LogP contribution is 2.18. The standard InChI is InChI=1S/C17H25F3N4O/c1-2-21-16(24-14-6-4-3-5-7-14)23-11-13-8-9-22-15(10-13)25-12-17(18,19)20/h8-10,14H,2-7,11-12H2,1H3,(H2,21,23,24). The summed E-state index contributed by atoms with van der Waals surface area (Å²) >= 11 is 0. The third-order valence-electron chi connectivity index (χ3n) is 3.89. The van der Waals surface area contributed by atoms with Gasteiger partial charge >= 0.3 is 6.18 Å². The Labute approximate surface area is 146 Å². The smallest absolute Gasteiger partial charge is 0.422 e. The van der Waals surface area contributed by atoms with Crippen molar-refractivity contribution in [2.24, 2.45) is 4.99 Å². The van der Waals surface area contributed by atoms with Crippen LogP contribution in [-0.4, -0.2) is 36.3 Å². The van der Waals surface area contributed by atoms with E-state index in [4.69, 9.17) is 0 Å². The second-order valence-electron chi connectivity index (χ2n) is 6.08. The summed E-state index contributed by atoms with van der Waals surface area (Å²) in [4.78, 5) is 8.31. The van der Waals surface area contributed by atoms with E-state index >= 15 is 0 Å². The van der Waals surface area contributed by atoms with Gasteiger partial charge in [-0.15, -0.1) is 0 Å². The van der Waals surface area contributed by atoms with Crippen molar-refractivity contribution in [3.63, 3.8) is 0 Å². The van der Waals surface area contributed by atoms with Gasteiger partial charge in [-0.2, -0.15) is 13.2 Å². The number of halogens is 3. The minimum absolute atomic E-state index is 0.0461. The molecule has 2 rings (SSSR count). The predicted octanol–water partition coefficient (Wildman–Crippen LogP) is 3.41. The van der Waals surface area contributed by atoms with E-state index in [0.29, 0.717) is 12.6 Å². The molecule has 2 N–H and O–H groups in total. The number of guanidine groups is 1. The first-order chi connectivity index (χ1) is 12.0. The Bertz CT molecular complexity index is 557. The van der Waals surface area contributed by atoms with Gasteiger partial charge in [0, 0.05) is 24.8 Å². The number of aromatic nitrogens is 1. The van der Waals surface area contributed by atoms with Crippen LogP contribution in [0.5, 0.6) is 5.88 Å². The highest BCUT2D eigenvalue weighted by molar-refractivity contribution is 5.80. The van der Waals surface area contributed by atoms with Crippen LogP contribution in [0.2, 0.25) is 0 Å². The number of pyridine rings is 1. The van der Waals surface area contributed by atoms with Crippen molar-refractivity contribution in [2.75, 3.05) is 13.2 Å². The number of nitrogens with one attached hydrogen (secondary N) is 2. The second-order valence-corrected chi connectivity index (χ2v) is 6.08. The Morgan fingerprint density at radius 3 is 2.76 bits per heavy atom. The first-order valence-corrected chi connectivity index (χ1v) is 8.65. The molecule has 5 nitrogen and oxygen atoms in total. The van der Waals surface area contributed by atoms with Crippen LogP contribution in [0.1, 0.15) is 44.6 Å². The van der Waals surface area contributed by atoms with Crippen molar-refractivity contribution in [2.45, 2.75) is 57.8 Å². The fraction of sp³-hybridized carbons (Fsp3) is 0.647. The molecule has 1 aliphatic carbocycles. The van der Waals surface area contributed by atoms with Gasteiger partial charge < -0.3 is 15.4 Å². The molecule has 1 aromatic heterocycles. The largest absolute Gasteiger partial charge is 0.468 e. The lowest BCUT2D eigenvalue weighted by Gasteiger charge is -2.24. The fourth-order valence-corrected chi connectivity index (χ4v) is 2.71. The van der Waals surface area contributed by atoms with Gasteiger partial charge in [-0.25, -0.2) is 9.98 Å². The molecule has 0 unspecified atom stereocenters. The topological polar surface area (TPSA) is 58.5 Å². The van der Waals surface area contributed by atoms with E-state index in [1.165, 1.54) is 31.5 Å². The van der Waals surface area contributed by atoms with Gasteiger partial charge in [0.2, 0.25) is 5.88 Å². The summed E-state index contributed by atoms with van der Waals surface area (Å²) in [6, 6.07) is 3.63. The Morgan fingerprint density at radius 1 is 1.32 bits per heavy atom. The fourth-order valence-electron chi connectivity index (χ4n) is 2.71. The summed E-state index contributed by atoms with van der Waals surface area (Å²) in [5.74, 6) is 0.680. The van der Waals surface area contributed by atoms with E-state index in [-0.39, 0.29) is 5.88 Å². The highest BCUT2D eigenvalue weighted by Gasteiger charge is 2.28. The SMILES string of the molecule is CCNC(=NCc1ccnc(OCC(F)(F)F)c1)NC1CCCCC1. The number of alkyl halides is 3. The van der Waals surface area contributed by atoms with Gasteiger partial charge in [0.1, 0.15) is 0 Å². The molecular weight excluding hydrogens is 333 g/mol. The van der Waals surface area contributed by atoms with E-state index in [1.54, 1.807) is 6.07 Å². The summed E-state index contributed by atoms with van der Waals surface area (Å²) in [6.07, 6.45) is 3.05. The molecule has 0 aliphatic heterocycles. The summed E-state index contributed by atoms with van der Waals surface area (Å²) in [5, 5.41) is 6.63. The van der Waals surface area contributed by atoms with E-state index in [2.05, 4.69) is 25.3 Å². The van der Waals surface area contributed by atoms with Crippen LogP contribution in [0.4, 0.5) is 13.2 Å². The van der Waals surface area contributed by atoms with Crippen LogP contribution in [0, 0.1) is 0 Å². The van der Waals surface area contributed by atoms with Gasteiger partial charge in [-0.3, -0.25) is 0 Å². The number of hydrogen-bond acceptors (Lipinski definition) is 3. The second kappa shape index (κ2) is 9.48. The Kier molecular flexibility index (Phi) is 7.33. The lowest BCUT2D eigenvalue weighted by atomic mass is 9.96. The van der Waals surface area contributed by atoms with Crippen LogP contribution in [0.3, 0.4) is 0 Å². The number of ether oxygens (including phenoxy) is 1. The van der Waals surface area contributed by atoms with Crippen molar-refractivity contribution in [3.05, 3.63) is 23.9 Å². The van der Waals surface area contributed by atoms with E-state index in [0.717, 1.165) is 30.9 Å². The first-order valence-electron chi connectivity index (χ1n) is 8.65. The molecule has 0 aromatic carbocycles. The molecule has 1 aliphatic rings. The molecule has 0 amide bonds. The highest BCUT2D eigenvalue weighted by atomic mass is 19.4. The molecular formula is C17H25F3N4O. The minimum Gasteiger partial charge on any atom is -0.468 e. The average molecular weight is 358 g/mol. The predicted molar refractivity (Wildman–Crippen MR) is 90.6 cm³/mol. The van der Waals surface area contributed by atoms with Gasteiger partial charge in [0.15, 0.2) is 12.6 Å². The van der Waals surface area contributed by atoms with Gasteiger partial charge in [0.05, 0.1) is 6.54 Å². The normalized spacial score (nSPS) is 16.6. The monoisotopic (exact) mass is 358 g/mol. The molecule has 1 fully saturated rings. The third-order valence-corrected chi connectivity index (χ3v) is 3.89.